The summed E-state index contributed by atoms with van der Waals surface area (Å²) in [6.45, 7) is 0.720. The van der Waals surface area contributed by atoms with E-state index in [0.717, 1.165) is 19.4 Å². The van der Waals surface area contributed by atoms with Crippen molar-refractivity contribution in [3.8, 4) is 0 Å². The van der Waals surface area contributed by atoms with Crippen LogP contribution in [0.15, 0.2) is 18.2 Å². The number of nitrogens with zero attached hydrogens (tertiary/aromatic N) is 1. The summed E-state index contributed by atoms with van der Waals surface area (Å²) in [6, 6.07) is 4.80. The highest BCUT2D eigenvalue weighted by molar-refractivity contribution is 6.00. The average molecular weight is 291 g/mol. The lowest BCUT2D eigenvalue weighted by Gasteiger charge is -2.22. The molecule has 1 aromatic carbocycles. The second kappa shape index (κ2) is 7.06. The average Bonchev–Trinajstić information content (AvgIpc) is 2.52. The van der Waals surface area contributed by atoms with Gasteiger partial charge in [-0.05, 0) is 30.9 Å². The Hall–Kier alpha value is -2.11. The number of rotatable bonds is 5. The monoisotopic (exact) mass is 291 g/mol. The van der Waals surface area contributed by atoms with E-state index in [9.17, 15) is 14.9 Å². The molecule has 1 aliphatic carbocycles. The molecule has 1 aromatic rings. The number of nitrogens with one attached hydrogen (secondary N) is 2. The Balaban J connectivity index is 2.17. The molecule has 0 heterocycles. The van der Waals surface area contributed by atoms with Gasteiger partial charge in [-0.1, -0.05) is 25.3 Å². The first-order valence-corrected chi connectivity index (χ1v) is 7.37. The second-order valence-corrected chi connectivity index (χ2v) is 5.42. The molecule has 0 bridgehead atoms. The molecule has 0 aromatic heterocycles. The van der Waals surface area contributed by atoms with Crippen LogP contribution < -0.4 is 10.6 Å². The molecular formula is C15H21N3O3. The van der Waals surface area contributed by atoms with Gasteiger partial charge >= 0.3 is 5.69 Å². The molecule has 2 rings (SSSR count). The SMILES string of the molecule is CNC(=O)c1cccc(NCC2CCCCC2)c1[N+](=O)[O-]. The van der Waals surface area contributed by atoms with Crippen molar-refractivity contribution in [2.45, 2.75) is 32.1 Å². The predicted molar refractivity (Wildman–Crippen MR) is 81.6 cm³/mol. The van der Waals surface area contributed by atoms with E-state index in [4.69, 9.17) is 0 Å². The van der Waals surface area contributed by atoms with Gasteiger partial charge in [0.15, 0.2) is 0 Å². The number of anilines is 1. The zero-order valence-electron chi connectivity index (χ0n) is 12.2. The number of amides is 1. The highest BCUT2D eigenvalue weighted by Crippen LogP contribution is 2.30. The molecule has 0 aliphatic heterocycles. The van der Waals surface area contributed by atoms with E-state index in [-0.39, 0.29) is 11.3 Å². The highest BCUT2D eigenvalue weighted by atomic mass is 16.6. The van der Waals surface area contributed by atoms with Gasteiger partial charge < -0.3 is 10.6 Å². The van der Waals surface area contributed by atoms with Crippen molar-refractivity contribution in [2.75, 3.05) is 18.9 Å². The fourth-order valence-corrected chi connectivity index (χ4v) is 2.85. The molecule has 21 heavy (non-hydrogen) atoms. The van der Waals surface area contributed by atoms with Gasteiger partial charge in [0.05, 0.1) is 4.92 Å². The van der Waals surface area contributed by atoms with Crippen LogP contribution in [0.1, 0.15) is 42.5 Å². The first-order valence-electron chi connectivity index (χ1n) is 7.37. The van der Waals surface area contributed by atoms with Crippen LogP contribution in [0.5, 0.6) is 0 Å². The van der Waals surface area contributed by atoms with E-state index in [1.165, 1.54) is 32.4 Å². The Morgan fingerprint density at radius 1 is 1.33 bits per heavy atom. The predicted octanol–water partition coefficient (Wildman–Crippen LogP) is 2.95. The number of carbonyl (C=O) groups is 1. The van der Waals surface area contributed by atoms with Crippen LogP contribution >= 0.6 is 0 Å². The van der Waals surface area contributed by atoms with E-state index in [1.807, 2.05) is 0 Å². The Morgan fingerprint density at radius 2 is 2.05 bits per heavy atom. The Labute approximate surface area is 124 Å². The molecule has 6 nitrogen and oxygen atoms in total. The minimum Gasteiger partial charge on any atom is -0.379 e. The van der Waals surface area contributed by atoms with E-state index in [1.54, 1.807) is 12.1 Å². The van der Waals surface area contributed by atoms with Gasteiger partial charge in [-0.15, -0.1) is 0 Å². The van der Waals surface area contributed by atoms with Crippen molar-refractivity contribution in [2.24, 2.45) is 5.92 Å². The lowest BCUT2D eigenvalue weighted by molar-refractivity contribution is -0.384. The van der Waals surface area contributed by atoms with Crippen molar-refractivity contribution in [1.29, 1.82) is 0 Å². The van der Waals surface area contributed by atoms with Crippen LogP contribution in [-0.2, 0) is 0 Å². The first-order chi connectivity index (χ1) is 10.1. The molecule has 1 aliphatic rings. The normalized spacial score (nSPS) is 15.5. The third-order valence-corrected chi connectivity index (χ3v) is 4.00. The topological polar surface area (TPSA) is 84.3 Å². The third-order valence-electron chi connectivity index (χ3n) is 4.00. The lowest BCUT2D eigenvalue weighted by Crippen LogP contribution is -2.21. The molecular weight excluding hydrogens is 270 g/mol. The summed E-state index contributed by atoms with van der Waals surface area (Å²) >= 11 is 0. The summed E-state index contributed by atoms with van der Waals surface area (Å²) in [4.78, 5) is 22.6. The van der Waals surface area contributed by atoms with Crippen molar-refractivity contribution in [3.05, 3.63) is 33.9 Å². The summed E-state index contributed by atoms with van der Waals surface area (Å²) in [5.41, 5.74) is 0.371. The number of nitro groups is 1. The van der Waals surface area contributed by atoms with Crippen LogP contribution in [0.3, 0.4) is 0 Å². The van der Waals surface area contributed by atoms with Crippen molar-refractivity contribution in [1.82, 2.24) is 5.32 Å². The molecule has 0 saturated heterocycles. The van der Waals surface area contributed by atoms with Gasteiger partial charge in [0.25, 0.3) is 5.91 Å². The first kappa shape index (κ1) is 15.3. The largest absolute Gasteiger partial charge is 0.379 e. The van der Waals surface area contributed by atoms with Crippen LogP contribution in [-0.4, -0.2) is 24.4 Å². The van der Waals surface area contributed by atoms with E-state index >= 15 is 0 Å². The zero-order chi connectivity index (χ0) is 15.2. The lowest BCUT2D eigenvalue weighted by atomic mass is 9.89. The van der Waals surface area contributed by atoms with Crippen molar-refractivity contribution >= 4 is 17.3 Å². The van der Waals surface area contributed by atoms with Gasteiger partial charge in [0.1, 0.15) is 11.3 Å². The maximum absolute atomic E-state index is 11.8. The van der Waals surface area contributed by atoms with Gasteiger partial charge in [0, 0.05) is 13.6 Å². The van der Waals surface area contributed by atoms with E-state index < -0.39 is 10.8 Å². The molecule has 0 unspecified atom stereocenters. The molecule has 6 heteroatoms. The van der Waals surface area contributed by atoms with Crippen molar-refractivity contribution < 1.29 is 9.72 Å². The summed E-state index contributed by atoms with van der Waals surface area (Å²) in [5, 5.41) is 16.9. The summed E-state index contributed by atoms with van der Waals surface area (Å²) in [6.07, 6.45) is 6.06. The fraction of sp³-hybridized carbons (Fsp3) is 0.533. The smallest absolute Gasteiger partial charge is 0.305 e. The maximum atomic E-state index is 11.8. The standard InChI is InChI=1S/C15H21N3O3/c1-16-15(19)12-8-5-9-13(14(12)18(20)21)17-10-11-6-3-2-4-7-11/h5,8-9,11,17H,2-4,6-7,10H2,1H3,(H,16,19). The number of para-hydroxylation sites is 1. The van der Waals surface area contributed by atoms with E-state index in [0.29, 0.717) is 11.6 Å². The van der Waals surface area contributed by atoms with Crippen LogP contribution in [0, 0.1) is 16.0 Å². The minimum atomic E-state index is -0.492. The Kier molecular flexibility index (Phi) is 5.14. The fourth-order valence-electron chi connectivity index (χ4n) is 2.85. The van der Waals surface area contributed by atoms with Gasteiger partial charge in [0.2, 0.25) is 0 Å². The summed E-state index contributed by atoms with van der Waals surface area (Å²) < 4.78 is 0. The van der Waals surface area contributed by atoms with E-state index in [2.05, 4.69) is 10.6 Å². The molecule has 1 saturated carbocycles. The molecule has 1 fully saturated rings. The Bertz CT molecular complexity index is 525. The highest BCUT2D eigenvalue weighted by Gasteiger charge is 2.24. The van der Waals surface area contributed by atoms with Gasteiger partial charge in [-0.2, -0.15) is 0 Å². The maximum Gasteiger partial charge on any atom is 0.305 e. The second-order valence-electron chi connectivity index (χ2n) is 5.42. The van der Waals surface area contributed by atoms with Crippen molar-refractivity contribution in [3.63, 3.8) is 0 Å². The van der Waals surface area contributed by atoms with Gasteiger partial charge in [-0.25, -0.2) is 0 Å². The van der Waals surface area contributed by atoms with Crippen LogP contribution in [0.2, 0.25) is 0 Å². The molecule has 114 valence electrons. The van der Waals surface area contributed by atoms with Gasteiger partial charge in [-0.3, -0.25) is 14.9 Å². The van der Waals surface area contributed by atoms with Crippen LogP contribution in [0.4, 0.5) is 11.4 Å². The molecule has 0 atom stereocenters. The number of hydrogen-bond donors (Lipinski definition) is 2. The quantitative estimate of drug-likeness (QED) is 0.645. The molecule has 1 amide bonds. The van der Waals surface area contributed by atoms with Crippen LogP contribution in [0.25, 0.3) is 0 Å². The number of nitro benzene ring substituents is 1. The minimum absolute atomic E-state index is 0.0937. The molecule has 0 radical (unpaired) electrons. The molecule has 0 spiro atoms. The Morgan fingerprint density at radius 3 is 2.67 bits per heavy atom. The summed E-state index contributed by atoms with van der Waals surface area (Å²) in [5.74, 6) is 0.116. The third kappa shape index (κ3) is 3.71. The number of carbonyl (C=O) groups excluding carboxylic acids is 1. The summed E-state index contributed by atoms with van der Waals surface area (Å²) in [7, 11) is 1.47. The molecule has 2 N–H and O–H groups in total. The number of hydrogen-bond acceptors (Lipinski definition) is 4. The zero-order valence-corrected chi connectivity index (χ0v) is 12.2. The number of benzene rings is 1.